The molecule has 0 saturated carbocycles. The van der Waals surface area contributed by atoms with Crippen LogP contribution in [0.2, 0.25) is 0 Å². The maximum Gasteiger partial charge on any atom is 0.254 e. The van der Waals surface area contributed by atoms with E-state index in [0.29, 0.717) is 28.6 Å². The number of rotatable bonds is 6. The zero-order chi connectivity index (χ0) is 27.0. The van der Waals surface area contributed by atoms with Gasteiger partial charge >= 0.3 is 0 Å². The number of primary amides is 1. The molecule has 3 N–H and O–H groups in total. The molecular weight excluding hydrogens is 550 g/mol. The average Bonchev–Trinajstić information content (AvgIpc) is 3.49. The molecule has 2 aliphatic heterocycles. The van der Waals surface area contributed by atoms with Crippen LogP contribution < -0.4 is 5.73 Å². The number of carbonyl (C=O) groups is 4. The van der Waals surface area contributed by atoms with Crippen LogP contribution in [0, 0.1) is 0 Å². The first-order valence-electron chi connectivity index (χ1n) is 12.3. The van der Waals surface area contributed by atoms with Crippen LogP contribution in [0.1, 0.15) is 44.2 Å². The van der Waals surface area contributed by atoms with Crippen molar-refractivity contribution < 1.29 is 24.3 Å². The van der Waals surface area contributed by atoms with Crippen molar-refractivity contribution in [3.63, 3.8) is 0 Å². The molecule has 8 nitrogen and oxygen atoms in total. The number of benzene rings is 3. The van der Waals surface area contributed by atoms with Crippen LogP contribution in [-0.2, 0) is 16.0 Å². The summed E-state index contributed by atoms with van der Waals surface area (Å²) < 4.78 is 0.556. The van der Waals surface area contributed by atoms with E-state index < -0.39 is 23.9 Å². The van der Waals surface area contributed by atoms with E-state index in [-0.39, 0.29) is 41.9 Å². The lowest BCUT2D eigenvalue weighted by molar-refractivity contribution is -0.137. The summed E-state index contributed by atoms with van der Waals surface area (Å²) in [5.74, 6) is -2.14. The lowest BCUT2D eigenvalue weighted by Gasteiger charge is -2.29. The maximum atomic E-state index is 14.2. The van der Waals surface area contributed by atoms with E-state index in [1.54, 1.807) is 64.4 Å². The molecular formula is C29H26BrN3O5. The molecule has 0 bridgehead atoms. The van der Waals surface area contributed by atoms with E-state index in [1.807, 2.05) is 6.07 Å². The van der Waals surface area contributed by atoms with Gasteiger partial charge in [0.25, 0.3) is 5.91 Å². The van der Waals surface area contributed by atoms with Crippen LogP contribution in [0.3, 0.4) is 0 Å². The first-order chi connectivity index (χ1) is 18.3. The van der Waals surface area contributed by atoms with Crippen molar-refractivity contribution >= 4 is 39.4 Å². The standard InChI is InChI=1S/C29H26BrN3O5/c30-22-8-4-7-20(27(31)36)25(22)21(15-17-9-11-19(34)12-10-17)29(38)32-14-13-23-26(32)24(35)16-33(23)28(37)18-5-2-1-3-6-18/h1-12,21,23,26,34H,13-16H2,(H2,31,36)/t21-,23?,26?/m0/s1. The summed E-state index contributed by atoms with van der Waals surface area (Å²) >= 11 is 3.50. The summed E-state index contributed by atoms with van der Waals surface area (Å²) in [7, 11) is 0. The molecule has 0 spiro atoms. The van der Waals surface area contributed by atoms with Gasteiger partial charge < -0.3 is 20.6 Å². The molecule has 3 aromatic carbocycles. The van der Waals surface area contributed by atoms with Crippen LogP contribution in [0.4, 0.5) is 0 Å². The predicted octanol–water partition coefficient (Wildman–Crippen LogP) is 3.27. The number of amides is 3. The fourth-order valence-corrected chi connectivity index (χ4v) is 6.21. The Morgan fingerprint density at radius 2 is 1.68 bits per heavy atom. The second kappa shape index (κ2) is 10.4. The van der Waals surface area contributed by atoms with Crippen LogP contribution in [0.5, 0.6) is 5.75 Å². The highest BCUT2D eigenvalue weighted by molar-refractivity contribution is 9.10. The van der Waals surface area contributed by atoms with Gasteiger partial charge in [-0.05, 0) is 60.4 Å². The van der Waals surface area contributed by atoms with Crippen molar-refractivity contribution in [3.05, 3.63) is 99.5 Å². The van der Waals surface area contributed by atoms with Crippen LogP contribution in [0.15, 0.2) is 77.3 Å². The quantitative estimate of drug-likeness (QED) is 0.467. The molecule has 0 aromatic heterocycles. The van der Waals surface area contributed by atoms with E-state index >= 15 is 0 Å². The van der Waals surface area contributed by atoms with Gasteiger partial charge in [0.05, 0.1) is 18.5 Å². The highest BCUT2D eigenvalue weighted by atomic mass is 79.9. The zero-order valence-electron chi connectivity index (χ0n) is 20.4. The van der Waals surface area contributed by atoms with Gasteiger partial charge in [0.1, 0.15) is 11.8 Å². The molecule has 2 heterocycles. The Balaban J connectivity index is 1.49. The van der Waals surface area contributed by atoms with Crippen molar-refractivity contribution in [2.45, 2.75) is 30.8 Å². The Morgan fingerprint density at radius 1 is 0.974 bits per heavy atom. The van der Waals surface area contributed by atoms with Crippen LogP contribution in [-0.4, -0.2) is 63.6 Å². The summed E-state index contributed by atoms with van der Waals surface area (Å²) in [6.45, 7) is 0.248. The van der Waals surface area contributed by atoms with Crippen molar-refractivity contribution in [1.29, 1.82) is 0 Å². The summed E-state index contributed by atoms with van der Waals surface area (Å²) in [5.41, 5.74) is 7.61. The van der Waals surface area contributed by atoms with Gasteiger partial charge in [-0.3, -0.25) is 19.2 Å². The van der Waals surface area contributed by atoms with Crippen molar-refractivity contribution in [2.24, 2.45) is 5.73 Å². The molecule has 0 aliphatic carbocycles. The lowest BCUT2D eigenvalue weighted by atomic mass is 9.87. The first-order valence-corrected chi connectivity index (χ1v) is 13.1. The molecule has 9 heteroatoms. The SMILES string of the molecule is NC(=O)c1cccc(Br)c1[C@H](Cc1ccc(O)cc1)C(=O)N1CCC2C1C(=O)CN2C(=O)c1ccccc1. The summed E-state index contributed by atoms with van der Waals surface area (Å²) in [6.07, 6.45) is 0.696. The largest absolute Gasteiger partial charge is 0.508 e. The third-order valence-electron chi connectivity index (χ3n) is 7.33. The Kier molecular flexibility index (Phi) is 7.03. The first kappa shape index (κ1) is 25.7. The fraction of sp³-hybridized carbons (Fsp3) is 0.241. The van der Waals surface area contributed by atoms with Crippen LogP contribution >= 0.6 is 15.9 Å². The van der Waals surface area contributed by atoms with Crippen LogP contribution in [0.25, 0.3) is 0 Å². The zero-order valence-corrected chi connectivity index (χ0v) is 22.0. The molecule has 2 saturated heterocycles. The summed E-state index contributed by atoms with van der Waals surface area (Å²) in [5, 5.41) is 9.72. The monoisotopic (exact) mass is 575 g/mol. The minimum Gasteiger partial charge on any atom is -0.508 e. The highest BCUT2D eigenvalue weighted by Gasteiger charge is 2.52. The van der Waals surface area contributed by atoms with Gasteiger partial charge in [0.15, 0.2) is 5.78 Å². The molecule has 194 valence electrons. The number of ketones is 1. The number of nitrogens with two attached hydrogens (primary N) is 1. The Hall–Kier alpha value is -3.98. The number of hydrogen-bond donors (Lipinski definition) is 2. The minimum atomic E-state index is -0.831. The second-order valence-corrected chi connectivity index (χ2v) is 10.4. The average molecular weight is 576 g/mol. The number of hydrogen-bond acceptors (Lipinski definition) is 5. The van der Waals surface area contributed by atoms with E-state index in [0.717, 1.165) is 5.56 Å². The van der Waals surface area contributed by atoms with E-state index in [9.17, 15) is 24.3 Å². The topological polar surface area (TPSA) is 121 Å². The number of phenols is 1. The summed E-state index contributed by atoms with van der Waals surface area (Å²) in [4.78, 5) is 56.1. The molecule has 2 unspecified atom stereocenters. The van der Waals surface area contributed by atoms with E-state index in [2.05, 4.69) is 15.9 Å². The molecule has 3 amide bonds. The Bertz CT molecular complexity index is 1410. The third-order valence-corrected chi connectivity index (χ3v) is 8.02. The Labute approximate surface area is 228 Å². The number of fused-ring (bicyclic) bond motifs is 1. The third kappa shape index (κ3) is 4.69. The number of Topliss-reactive ketones (excluding diaryl/α,β-unsaturated/α-hetero) is 1. The number of nitrogens with zero attached hydrogens (tertiary/aromatic N) is 2. The maximum absolute atomic E-state index is 14.2. The molecule has 3 atom stereocenters. The predicted molar refractivity (Wildman–Crippen MR) is 144 cm³/mol. The Morgan fingerprint density at radius 3 is 2.37 bits per heavy atom. The second-order valence-electron chi connectivity index (χ2n) is 9.59. The highest BCUT2D eigenvalue weighted by Crippen LogP contribution is 2.37. The van der Waals surface area contributed by atoms with E-state index in [4.69, 9.17) is 5.73 Å². The van der Waals surface area contributed by atoms with Gasteiger partial charge in [-0.25, -0.2) is 0 Å². The number of phenolic OH excluding ortho intramolecular Hbond substituents is 1. The van der Waals surface area contributed by atoms with Gasteiger partial charge in [-0.15, -0.1) is 0 Å². The fourth-order valence-electron chi connectivity index (χ4n) is 5.57. The molecule has 0 radical (unpaired) electrons. The smallest absolute Gasteiger partial charge is 0.254 e. The van der Waals surface area contributed by atoms with Crippen molar-refractivity contribution in [1.82, 2.24) is 9.80 Å². The van der Waals surface area contributed by atoms with E-state index in [1.165, 1.54) is 12.1 Å². The van der Waals surface area contributed by atoms with Gasteiger partial charge in [0.2, 0.25) is 11.8 Å². The van der Waals surface area contributed by atoms with Crippen molar-refractivity contribution in [3.8, 4) is 5.75 Å². The van der Waals surface area contributed by atoms with Crippen molar-refractivity contribution in [2.75, 3.05) is 13.1 Å². The molecule has 5 rings (SSSR count). The number of halogens is 1. The normalized spacial score (nSPS) is 19.3. The van der Waals surface area contributed by atoms with Gasteiger partial charge in [-0.2, -0.15) is 0 Å². The molecule has 38 heavy (non-hydrogen) atoms. The summed E-state index contributed by atoms with van der Waals surface area (Å²) in [6, 6.07) is 19.1. The van der Waals surface area contributed by atoms with Gasteiger partial charge in [-0.1, -0.05) is 52.3 Å². The molecule has 2 fully saturated rings. The molecule has 3 aromatic rings. The number of carbonyl (C=O) groups excluding carboxylic acids is 4. The molecule has 2 aliphatic rings. The number of likely N-dealkylation sites (tertiary alicyclic amines) is 2. The minimum absolute atomic E-state index is 0.0585. The van der Waals surface area contributed by atoms with Gasteiger partial charge in [0, 0.05) is 22.1 Å². The lowest BCUT2D eigenvalue weighted by Crippen LogP contribution is -2.46. The number of aromatic hydroxyl groups is 1.